The molecule has 0 saturated heterocycles. The number of amides is 1. The number of anilines is 1. The van der Waals surface area contributed by atoms with Gasteiger partial charge in [0.1, 0.15) is 11.3 Å². The van der Waals surface area contributed by atoms with Gasteiger partial charge in [0, 0.05) is 12.6 Å². The molecule has 2 aromatic carbocycles. The normalized spacial score (nSPS) is 10.0. The van der Waals surface area contributed by atoms with Crippen molar-refractivity contribution in [1.82, 2.24) is 0 Å². The molecule has 6 heteroatoms. The molecule has 0 fully saturated rings. The van der Waals surface area contributed by atoms with Crippen LogP contribution in [0.4, 0.5) is 5.69 Å². The van der Waals surface area contributed by atoms with Crippen molar-refractivity contribution < 1.29 is 23.9 Å². The topological polar surface area (TPSA) is 81.7 Å². The quantitative estimate of drug-likeness (QED) is 0.668. The second kappa shape index (κ2) is 8.10. The van der Waals surface area contributed by atoms with E-state index in [1.807, 2.05) is 31.2 Å². The Bertz CT molecular complexity index is 813. The molecule has 1 N–H and O–H groups in total. The number of carbonyl (C=O) groups excluding carboxylic acids is 3. The molecule has 0 aromatic heterocycles. The third kappa shape index (κ3) is 5.17. The van der Waals surface area contributed by atoms with Gasteiger partial charge in [-0.1, -0.05) is 29.8 Å². The maximum Gasteiger partial charge on any atom is 0.341 e. The minimum absolute atomic E-state index is 0.0612. The van der Waals surface area contributed by atoms with E-state index in [1.54, 1.807) is 6.07 Å². The van der Waals surface area contributed by atoms with Crippen LogP contribution in [0.15, 0.2) is 42.5 Å². The van der Waals surface area contributed by atoms with Gasteiger partial charge in [0.15, 0.2) is 0 Å². The number of rotatable bonds is 5. The van der Waals surface area contributed by atoms with E-state index in [0.717, 1.165) is 11.1 Å². The van der Waals surface area contributed by atoms with Gasteiger partial charge in [-0.25, -0.2) is 4.79 Å². The standard InChI is InChI=1S/C19H19NO5/c1-12-5-4-6-14(9-12)10-18(22)20-15-7-8-17(25-13(2)21)16(11-15)19(23)24-3/h4-9,11H,10H2,1-3H3,(H,20,22). The molecule has 0 bridgehead atoms. The molecule has 6 nitrogen and oxygen atoms in total. The van der Waals surface area contributed by atoms with E-state index in [9.17, 15) is 14.4 Å². The molecule has 25 heavy (non-hydrogen) atoms. The second-order valence-electron chi connectivity index (χ2n) is 5.51. The maximum atomic E-state index is 12.2. The van der Waals surface area contributed by atoms with E-state index in [4.69, 9.17) is 4.74 Å². The molecule has 1 amide bonds. The largest absolute Gasteiger partial charge is 0.465 e. The van der Waals surface area contributed by atoms with Gasteiger partial charge in [0.25, 0.3) is 0 Å². The van der Waals surface area contributed by atoms with E-state index in [0.29, 0.717) is 5.69 Å². The minimum atomic E-state index is -0.661. The smallest absolute Gasteiger partial charge is 0.341 e. The summed E-state index contributed by atoms with van der Waals surface area (Å²) in [6.45, 7) is 3.19. The molecule has 2 rings (SSSR count). The SMILES string of the molecule is COC(=O)c1cc(NC(=O)Cc2cccc(C)c2)ccc1OC(C)=O. The summed E-state index contributed by atoms with van der Waals surface area (Å²) in [5, 5.41) is 2.72. The Morgan fingerprint density at radius 1 is 1.08 bits per heavy atom. The first-order valence-corrected chi connectivity index (χ1v) is 7.65. The fourth-order valence-corrected chi connectivity index (χ4v) is 2.33. The summed E-state index contributed by atoms with van der Waals surface area (Å²) in [4.78, 5) is 35.2. The Kier molecular flexibility index (Phi) is 5.89. The molecule has 0 unspecified atom stereocenters. The van der Waals surface area contributed by atoms with Gasteiger partial charge in [0.2, 0.25) is 5.91 Å². The third-order valence-electron chi connectivity index (χ3n) is 3.37. The first-order valence-electron chi connectivity index (χ1n) is 7.65. The third-order valence-corrected chi connectivity index (χ3v) is 3.37. The van der Waals surface area contributed by atoms with E-state index >= 15 is 0 Å². The number of aryl methyl sites for hydroxylation is 1. The van der Waals surface area contributed by atoms with Crippen LogP contribution in [0.2, 0.25) is 0 Å². The highest BCUT2D eigenvalue weighted by molar-refractivity contribution is 5.97. The molecule has 0 aliphatic rings. The van der Waals surface area contributed by atoms with Gasteiger partial charge in [-0.15, -0.1) is 0 Å². The first kappa shape index (κ1) is 18.2. The number of methoxy groups -OCH3 is 1. The Balaban J connectivity index is 2.17. The van der Waals surface area contributed by atoms with Crippen LogP contribution in [0.3, 0.4) is 0 Å². The molecule has 0 aliphatic carbocycles. The fourth-order valence-electron chi connectivity index (χ4n) is 2.33. The predicted octanol–water partition coefficient (Wildman–Crippen LogP) is 2.89. The van der Waals surface area contributed by atoms with Crippen molar-refractivity contribution in [2.75, 3.05) is 12.4 Å². The molecule has 0 aliphatic heterocycles. The monoisotopic (exact) mass is 341 g/mol. The highest BCUT2D eigenvalue weighted by atomic mass is 16.5. The van der Waals surface area contributed by atoms with Crippen LogP contribution in [0.1, 0.15) is 28.4 Å². The summed E-state index contributed by atoms with van der Waals surface area (Å²) >= 11 is 0. The molecule has 2 aromatic rings. The van der Waals surface area contributed by atoms with Crippen molar-refractivity contribution in [2.45, 2.75) is 20.3 Å². The second-order valence-corrected chi connectivity index (χ2v) is 5.51. The summed E-state index contributed by atoms with van der Waals surface area (Å²) in [5.74, 6) is -1.36. The Morgan fingerprint density at radius 2 is 1.84 bits per heavy atom. The average molecular weight is 341 g/mol. The van der Waals surface area contributed by atoms with Crippen LogP contribution in [0, 0.1) is 6.92 Å². The number of carbonyl (C=O) groups is 3. The van der Waals surface area contributed by atoms with Crippen LogP contribution >= 0.6 is 0 Å². The summed E-state index contributed by atoms with van der Waals surface area (Å²) < 4.78 is 9.67. The fraction of sp³-hybridized carbons (Fsp3) is 0.211. The Labute approximate surface area is 145 Å². The Hall–Kier alpha value is -3.15. The van der Waals surface area contributed by atoms with Crippen molar-refractivity contribution >= 4 is 23.5 Å². The van der Waals surface area contributed by atoms with Gasteiger partial charge in [-0.2, -0.15) is 0 Å². The van der Waals surface area contributed by atoms with Gasteiger partial charge in [0.05, 0.1) is 13.5 Å². The maximum absolute atomic E-state index is 12.2. The molecular formula is C19H19NO5. The predicted molar refractivity (Wildman–Crippen MR) is 92.6 cm³/mol. The lowest BCUT2D eigenvalue weighted by molar-refractivity contribution is -0.131. The molecule has 0 spiro atoms. The van der Waals surface area contributed by atoms with E-state index in [2.05, 4.69) is 10.1 Å². The molecule has 0 saturated carbocycles. The zero-order valence-electron chi connectivity index (χ0n) is 14.3. The molecule has 0 radical (unpaired) electrons. The summed E-state index contributed by atoms with van der Waals surface area (Å²) in [6, 6.07) is 12.1. The van der Waals surface area contributed by atoms with Crippen LogP contribution in [0.25, 0.3) is 0 Å². The van der Waals surface area contributed by atoms with Crippen molar-refractivity contribution in [3.8, 4) is 5.75 Å². The van der Waals surface area contributed by atoms with Crippen LogP contribution in [0.5, 0.6) is 5.75 Å². The van der Waals surface area contributed by atoms with Crippen molar-refractivity contribution in [1.29, 1.82) is 0 Å². The van der Waals surface area contributed by atoms with Crippen molar-refractivity contribution in [3.63, 3.8) is 0 Å². The lowest BCUT2D eigenvalue weighted by atomic mass is 10.1. The number of hydrogen-bond donors (Lipinski definition) is 1. The van der Waals surface area contributed by atoms with E-state index in [-0.39, 0.29) is 23.6 Å². The van der Waals surface area contributed by atoms with E-state index < -0.39 is 11.9 Å². The first-order chi connectivity index (χ1) is 11.9. The van der Waals surface area contributed by atoms with Crippen molar-refractivity contribution in [3.05, 3.63) is 59.2 Å². The summed E-state index contributed by atoms with van der Waals surface area (Å²) in [5.41, 5.74) is 2.44. The molecular weight excluding hydrogens is 322 g/mol. The summed E-state index contributed by atoms with van der Waals surface area (Å²) in [6.07, 6.45) is 0.209. The van der Waals surface area contributed by atoms with Crippen LogP contribution < -0.4 is 10.1 Å². The zero-order valence-corrected chi connectivity index (χ0v) is 14.3. The summed E-state index contributed by atoms with van der Waals surface area (Å²) in [7, 11) is 1.23. The lowest BCUT2D eigenvalue weighted by Gasteiger charge is -2.11. The van der Waals surface area contributed by atoms with Crippen molar-refractivity contribution in [2.24, 2.45) is 0 Å². The molecule has 0 heterocycles. The van der Waals surface area contributed by atoms with Crippen LogP contribution in [-0.4, -0.2) is 25.0 Å². The number of nitrogens with one attached hydrogen (secondary N) is 1. The average Bonchev–Trinajstić information content (AvgIpc) is 2.55. The highest BCUT2D eigenvalue weighted by Gasteiger charge is 2.16. The minimum Gasteiger partial charge on any atom is -0.465 e. The van der Waals surface area contributed by atoms with Gasteiger partial charge >= 0.3 is 11.9 Å². The number of esters is 2. The lowest BCUT2D eigenvalue weighted by Crippen LogP contribution is -2.15. The van der Waals surface area contributed by atoms with Gasteiger partial charge < -0.3 is 14.8 Å². The van der Waals surface area contributed by atoms with Crippen LogP contribution in [-0.2, 0) is 20.7 Å². The molecule has 0 atom stereocenters. The highest BCUT2D eigenvalue weighted by Crippen LogP contribution is 2.24. The Morgan fingerprint density at radius 3 is 2.48 bits per heavy atom. The number of benzene rings is 2. The van der Waals surface area contributed by atoms with Gasteiger partial charge in [-0.3, -0.25) is 9.59 Å². The number of ether oxygens (including phenoxy) is 2. The number of hydrogen-bond acceptors (Lipinski definition) is 5. The van der Waals surface area contributed by atoms with E-state index in [1.165, 1.54) is 26.2 Å². The van der Waals surface area contributed by atoms with Gasteiger partial charge in [-0.05, 0) is 30.7 Å². The zero-order chi connectivity index (χ0) is 18.4. The molecule has 130 valence electrons.